The zero-order valence-corrected chi connectivity index (χ0v) is 8.84. The van der Waals surface area contributed by atoms with Crippen LogP contribution >= 0.6 is 0 Å². The first-order valence-corrected chi connectivity index (χ1v) is 5.10. The first kappa shape index (κ1) is 10.7. The summed E-state index contributed by atoms with van der Waals surface area (Å²) in [6.07, 6.45) is -0.528. The average molecular weight is 214 g/mol. The van der Waals surface area contributed by atoms with Crippen LogP contribution in [-0.2, 0) is 0 Å². The first-order valence-electron chi connectivity index (χ1n) is 5.10. The van der Waals surface area contributed by atoms with E-state index in [2.05, 4.69) is 0 Å². The van der Waals surface area contributed by atoms with Gasteiger partial charge in [0.1, 0.15) is 11.5 Å². The summed E-state index contributed by atoms with van der Waals surface area (Å²) in [5, 5.41) is 0. The summed E-state index contributed by atoms with van der Waals surface area (Å²) >= 11 is 0. The summed E-state index contributed by atoms with van der Waals surface area (Å²) in [6.45, 7) is 0. The van der Waals surface area contributed by atoms with Crippen molar-refractivity contribution in [1.82, 2.24) is 0 Å². The minimum absolute atomic E-state index is 0.528. The Labute approximate surface area is 94.6 Å². The Balaban J connectivity index is 2.28. The predicted molar refractivity (Wildman–Crippen MR) is 64.1 cm³/mol. The van der Waals surface area contributed by atoms with Gasteiger partial charge in [-0.25, -0.2) is 0 Å². The van der Waals surface area contributed by atoms with Crippen molar-refractivity contribution in [2.24, 2.45) is 11.5 Å². The number of ether oxygens (including phenoxy) is 1. The monoisotopic (exact) mass is 214 g/mol. The number of hydrogen-bond acceptors (Lipinski definition) is 3. The number of rotatable bonds is 3. The van der Waals surface area contributed by atoms with E-state index in [1.807, 2.05) is 54.6 Å². The largest absolute Gasteiger partial charge is 0.457 e. The van der Waals surface area contributed by atoms with E-state index in [4.69, 9.17) is 16.2 Å². The predicted octanol–water partition coefficient (Wildman–Crippen LogP) is 2.39. The zero-order valence-electron chi connectivity index (χ0n) is 8.84. The molecule has 16 heavy (non-hydrogen) atoms. The van der Waals surface area contributed by atoms with Gasteiger partial charge in [-0.3, -0.25) is 0 Å². The van der Waals surface area contributed by atoms with Gasteiger partial charge in [-0.2, -0.15) is 0 Å². The van der Waals surface area contributed by atoms with Gasteiger partial charge in [-0.1, -0.05) is 36.4 Å². The lowest BCUT2D eigenvalue weighted by Gasteiger charge is -2.13. The lowest BCUT2D eigenvalue weighted by molar-refractivity contribution is 0.471. The van der Waals surface area contributed by atoms with E-state index in [1.165, 1.54) is 0 Å². The molecule has 0 saturated carbocycles. The van der Waals surface area contributed by atoms with Crippen LogP contribution < -0.4 is 16.2 Å². The summed E-state index contributed by atoms with van der Waals surface area (Å²) in [5.41, 5.74) is 12.1. The second-order valence-corrected chi connectivity index (χ2v) is 3.48. The molecule has 3 nitrogen and oxygen atoms in total. The van der Waals surface area contributed by atoms with Crippen LogP contribution in [0, 0.1) is 0 Å². The summed E-state index contributed by atoms with van der Waals surface area (Å²) < 4.78 is 5.71. The molecular weight excluding hydrogens is 200 g/mol. The SMILES string of the molecule is NC(N)c1ccccc1Oc1ccccc1. The molecule has 0 aliphatic rings. The van der Waals surface area contributed by atoms with Crippen molar-refractivity contribution in [3.05, 3.63) is 60.2 Å². The maximum absolute atomic E-state index is 5.71. The van der Waals surface area contributed by atoms with Gasteiger partial charge in [-0.15, -0.1) is 0 Å². The second kappa shape index (κ2) is 4.79. The summed E-state index contributed by atoms with van der Waals surface area (Å²) in [5.74, 6) is 1.47. The van der Waals surface area contributed by atoms with E-state index >= 15 is 0 Å². The van der Waals surface area contributed by atoms with E-state index in [0.717, 1.165) is 11.3 Å². The van der Waals surface area contributed by atoms with Crippen LogP contribution in [0.25, 0.3) is 0 Å². The third-order valence-corrected chi connectivity index (χ3v) is 2.25. The fraction of sp³-hybridized carbons (Fsp3) is 0.0769. The molecule has 3 heteroatoms. The molecule has 0 amide bonds. The highest BCUT2D eigenvalue weighted by Crippen LogP contribution is 2.26. The van der Waals surface area contributed by atoms with Gasteiger partial charge >= 0.3 is 0 Å². The first-order chi connectivity index (χ1) is 7.77. The van der Waals surface area contributed by atoms with Crippen molar-refractivity contribution >= 4 is 0 Å². The molecule has 82 valence electrons. The highest BCUT2D eigenvalue weighted by atomic mass is 16.5. The molecule has 0 unspecified atom stereocenters. The van der Waals surface area contributed by atoms with Crippen molar-refractivity contribution in [3.8, 4) is 11.5 Å². The number of nitrogens with two attached hydrogens (primary N) is 2. The smallest absolute Gasteiger partial charge is 0.133 e. The minimum Gasteiger partial charge on any atom is -0.457 e. The van der Waals surface area contributed by atoms with Crippen LogP contribution in [0.3, 0.4) is 0 Å². The van der Waals surface area contributed by atoms with Crippen molar-refractivity contribution < 1.29 is 4.74 Å². The van der Waals surface area contributed by atoms with E-state index < -0.39 is 6.17 Å². The quantitative estimate of drug-likeness (QED) is 0.771. The number of hydrogen-bond donors (Lipinski definition) is 2. The third kappa shape index (κ3) is 2.39. The molecule has 0 aliphatic carbocycles. The molecule has 2 aromatic rings. The van der Waals surface area contributed by atoms with E-state index in [1.54, 1.807) is 0 Å². The van der Waals surface area contributed by atoms with Crippen LogP contribution in [0.2, 0.25) is 0 Å². The van der Waals surface area contributed by atoms with Gasteiger partial charge < -0.3 is 16.2 Å². The fourth-order valence-electron chi connectivity index (χ4n) is 1.46. The lowest BCUT2D eigenvalue weighted by Crippen LogP contribution is -2.20. The average Bonchev–Trinajstić information content (AvgIpc) is 2.31. The molecule has 4 N–H and O–H groups in total. The fourth-order valence-corrected chi connectivity index (χ4v) is 1.46. The lowest BCUT2D eigenvalue weighted by atomic mass is 10.1. The highest BCUT2D eigenvalue weighted by Gasteiger charge is 2.07. The number of para-hydroxylation sites is 2. The molecule has 0 atom stereocenters. The second-order valence-electron chi connectivity index (χ2n) is 3.48. The molecule has 0 heterocycles. The van der Waals surface area contributed by atoms with E-state index in [9.17, 15) is 0 Å². The van der Waals surface area contributed by atoms with E-state index in [0.29, 0.717) is 5.75 Å². The Bertz CT molecular complexity index is 454. The summed E-state index contributed by atoms with van der Waals surface area (Å²) in [6, 6.07) is 17.0. The van der Waals surface area contributed by atoms with Gasteiger partial charge in [0.25, 0.3) is 0 Å². The van der Waals surface area contributed by atoms with Crippen LogP contribution in [0.15, 0.2) is 54.6 Å². The Kier molecular flexibility index (Phi) is 3.19. The molecule has 0 saturated heterocycles. The Morgan fingerprint density at radius 1 is 0.812 bits per heavy atom. The molecule has 0 bridgehead atoms. The normalized spacial score (nSPS) is 10.4. The van der Waals surface area contributed by atoms with Gasteiger partial charge in [0.2, 0.25) is 0 Å². The Morgan fingerprint density at radius 2 is 1.44 bits per heavy atom. The van der Waals surface area contributed by atoms with Crippen LogP contribution in [0.5, 0.6) is 11.5 Å². The van der Waals surface area contributed by atoms with Crippen LogP contribution in [0.4, 0.5) is 0 Å². The van der Waals surface area contributed by atoms with Gasteiger partial charge in [0, 0.05) is 5.56 Å². The van der Waals surface area contributed by atoms with Crippen molar-refractivity contribution in [1.29, 1.82) is 0 Å². The van der Waals surface area contributed by atoms with Crippen molar-refractivity contribution in [2.45, 2.75) is 6.17 Å². The van der Waals surface area contributed by atoms with Crippen molar-refractivity contribution in [3.63, 3.8) is 0 Å². The third-order valence-electron chi connectivity index (χ3n) is 2.25. The molecule has 0 aromatic heterocycles. The topological polar surface area (TPSA) is 61.3 Å². The molecule has 0 spiro atoms. The molecule has 0 fully saturated rings. The molecule has 0 radical (unpaired) electrons. The standard InChI is InChI=1S/C13H14N2O/c14-13(15)11-8-4-5-9-12(11)16-10-6-2-1-3-7-10/h1-9,13H,14-15H2. The van der Waals surface area contributed by atoms with Gasteiger partial charge in [-0.05, 0) is 18.2 Å². The summed E-state index contributed by atoms with van der Waals surface area (Å²) in [7, 11) is 0. The van der Waals surface area contributed by atoms with Crippen LogP contribution in [0.1, 0.15) is 11.7 Å². The molecule has 0 aliphatic heterocycles. The van der Waals surface area contributed by atoms with Gasteiger partial charge in [0.15, 0.2) is 0 Å². The Morgan fingerprint density at radius 3 is 2.12 bits per heavy atom. The van der Waals surface area contributed by atoms with Crippen molar-refractivity contribution in [2.75, 3.05) is 0 Å². The van der Waals surface area contributed by atoms with Gasteiger partial charge in [0.05, 0.1) is 6.17 Å². The maximum Gasteiger partial charge on any atom is 0.133 e. The molecule has 2 aromatic carbocycles. The molecular formula is C13H14N2O. The van der Waals surface area contributed by atoms with Crippen LogP contribution in [-0.4, -0.2) is 0 Å². The summed E-state index contributed by atoms with van der Waals surface area (Å²) in [4.78, 5) is 0. The maximum atomic E-state index is 5.71. The zero-order chi connectivity index (χ0) is 11.4. The van der Waals surface area contributed by atoms with E-state index in [-0.39, 0.29) is 0 Å². The molecule has 2 rings (SSSR count). The number of benzene rings is 2. The Hall–Kier alpha value is -1.84. The minimum atomic E-state index is -0.528. The highest BCUT2D eigenvalue weighted by molar-refractivity contribution is 5.39.